The molecule has 0 spiro atoms. The molecule has 0 radical (unpaired) electrons. The molecule has 9 heteroatoms. The van der Waals surface area contributed by atoms with Crippen molar-refractivity contribution in [3.05, 3.63) is 0 Å². The van der Waals surface area contributed by atoms with Gasteiger partial charge in [-0.2, -0.15) is 0 Å². The lowest BCUT2D eigenvalue weighted by Crippen LogP contribution is -2.48. The summed E-state index contributed by atoms with van der Waals surface area (Å²) in [5.74, 6) is 0. The van der Waals surface area contributed by atoms with Crippen molar-refractivity contribution >= 4 is 10.4 Å². The summed E-state index contributed by atoms with van der Waals surface area (Å²) in [7, 11) is 4.26. The lowest BCUT2D eigenvalue weighted by molar-refractivity contribution is -0.913. The van der Waals surface area contributed by atoms with Crippen molar-refractivity contribution in [1.82, 2.24) is 0 Å². The molecule has 0 aromatic carbocycles. The van der Waals surface area contributed by atoms with Gasteiger partial charge in [-0.3, -0.25) is 8.42 Å². The molecular weight excluding hydrogens is 609 g/mol. The number of rotatable bonds is 30. The summed E-state index contributed by atoms with van der Waals surface area (Å²) in [5, 5.41) is 0. The Morgan fingerprint density at radius 3 is 0.894 bits per heavy atom. The maximum atomic E-state index is 8.52. The Labute approximate surface area is 296 Å². The number of quaternary nitrogens is 2. The molecule has 0 saturated carbocycles. The van der Waals surface area contributed by atoms with Crippen LogP contribution < -0.4 is 11.5 Å². The second-order valence-corrected chi connectivity index (χ2v) is 16.2. The molecule has 0 heterocycles. The highest BCUT2D eigenvalue weighted by Gasteiger charge is 2.23. The maximum absolute atomic E-state index is 8.52. The largest absolute Gasteiger partial charge is 0.759 e. The molecule has 0 aromatic rings. The SMILES string of the molecule is CCCCCCCCCCCCC(C)[N+](C)(C)CCCN.CCCCCCCCCCCCC(C)[N+](C)(C)CCCN.O=S(=O)([O-])[O-]. The Morgan fingerprint density at radius 2 is 0.681 bits per heavy atom. The number of unbranched alkanes of at least 4 members (excludes halogenated alkanes) is 18. The molecule has 0 aromatic heterocycles. The molecule has 8 nitrogen and oxygen atoms in total. The molecule has 0 aliphatic heterocycles. The molecule has 4 N–H and O–H groups in total. The fourth-order valence-electron chi connectivity index (χ4n) is 5.99. The van der Waals surface area contributed by atoms with E-state index < -0.39 is 10.4 Å². The van der Waals surface area contributed by atoms with Crippen LogP contribution in [0.2, 0.25) is 0 Å². The number of hydrogen-bond donors (Lipinski definition) is 2. The molecule has 2 unspecified atom stereocenters. The van der Waals surface area contributed by atoms with Crippen LogP contribution in [0.3, 0.4) is 0 Å². The molecule has 47 heavy (non-hydrogen) atoms. The first kappa shape index (κ1) is 51.1. The Bertz CT molecular complexity index is 681. The third-order valence-corrected chi connectivity index (χ3v) is 10.2. The van der Waals surface area contributed by atoms with Crippen molar-refractivity contribution < 1.29 is 26.5 Å². The Balaban J connectivity index is -0.000000719. The van der Waals surface area contributed by atoms with Gasteiger partial charge in [0.1, 0.15) is 0 Å². The summed E-state index contributed by atoms with van der Waals surface area (Å²) in [6, 6.07) is 1.54. The molecule has 0 aliphatic carbocycles. The molecule has 0 fully saturated rings. The fraction of sp³-hybridized carbons (Fsp3) is 1.00. The zero-order chi connectivity index (χ0) is 36.5. The average molecular weight is 695 g/mol. The summed E-state index contributed by atoms with van der Waals surface area (Å²) >= 11 is 0. The van der Waals surface area contributed by atoms with Crippen LogP contribution >= 0.6 is 0 Å². The summed E-state index contributed by atoms with van der Waals surface area (Å²) in [6.07, 6.45) is 33.7. The van der Waals surface area contributed by atoms with Crippen LogP contribution in [0.1, 0.15) is 182 Å². The van der Waals surface area contributed by atoms with E-state index in [1.54, 1.807) is 0 Å². The van der Waals surface area contributed by atoms with Crippen molar-refractivity contribution in [3.63, 3.8) is 0 Å². The second-order valence-electron chi connectivity index (χ2n) is 15.3. The van der Waals surface area contributed by atoms with Crippen molar-refractivity contribution in [2.75, 3.05) is 54.4 Å². The van der Waals surface area contributed by atoms with E-state index in [1.165, 1.54) is 154 Å². The molecule has 0 aliphatic rings. The first-order valence-electron chi connectivity index (χ1n) is 19.8. The molecule has 288 valence electrons. The van der Waals surface area contributed by atoms with Crippen molar-refractivity contribution in [2.45, 2.75) is 194 Å². The van der Waals surface area contributed by atoms with Gasteiger partial charge in [0, 0.05) is 23.2 Å². The molecular formula is C38H86N4O4S. The summed E-state index contributed by atoms with van der Waals surface area (Å²) in [6.45, 7) is 13.5. The maximum Gasteiger partial charge on any atom is 0.0857 e. The van der Waals surface area contributed by atoms with E-state index in [1.807, 2.05) is 0 Å². The predicted octanol–water partition coefficient (Wildman–Crippen LogP) is 8.88. The van der Waals surface area contributed by atoms with Crippen LogP contribution in [0.4, 0.5) is 0 Å². The molecule has 0 amide bonds. The van der Waals surface area contributed by atoms with Crippen molar-refractivity contribution in [3.8, 4) is 0 Å². The Hall–Kier alpha value is -0.290. The zero-order valence-corrected chi connectivity index (χ0v) is 33.9. The average Bonchev–Trinajstić information content (AvgIpc) is 3.00. The van der Waals surface area contributed by atoms with E-state index in [4.69, 9.17) is 29.0 Å². The van der Waals surface area contributed by atoms with Crippen molar-refractivity contribution in [1.29, 1.82) is 0 Å². The van der Waals surface area contributed by atoms with E-state index >= 15 is 0 Å². The van der Waals surface area contributed by atoms with Crippen LogP contribution in [0.5, 0.6) is 0 Å². The minimum absolute atomic E-state index is 0.769. The summed E-state index contributed by atoms with van der Waals surface area (Å²) in [4.78, 5) is 0. The van der Waals surface area contributed by atoms with Crippen LogP contribution in [0, 0.1) is 0 Å². The van der Waals surface area contributed by atoms with E-state index in [2.05, 4.69) is 55.9 Å². The number of nitrogens with two attached hydrogens (primary N) is 2. The van der Waals surface area contributed by atoms with E-state index in [0.717, 1.165) is 47.0 Å². The highest BCUT2D eigenvalue weighted by molar-refractivity contribution is 7.79. The molecule has 0 rings (SSSR count). The topological polar surface area (TPSA) is 132 Å². The van der Waals surface area contributed by atoms with Gasteiger partial charge in [0.25, 0.3) is 0 Å². The summed E-state index contributed by atoms with van der Waals surface area (Å²) < 4.78 is 36.4. The van der Waals surface area contributed by atoms with Gasteiger partial charge in [-0.1, -0.05) is 129 Å². The van der Waals surface area contributed by atoms with Gasteiger partial charge in [0.05, 0.1) is 53.4 Å². The van der Waals surface area contributed by atoms with E-state index in [-0.39, 0.29) is 0 Å². The highest BCUT2D eigenvalue weighted by atomic mass is 32.3. The molecule has 0 bridgehead atoms. The Kier molecular flexibility index (Phi) is 37.1. The quantitative estimate of drug-likeness (QED) is 0.0334. The van der Waals surface area contributed by atoms with Crippen LogP contribution in [0.25, 0.3) is 0 Å². The van der Waals surface area contributed by atoms with Crippen molar-refractivity contribution in [2.24, 2.45) is 11.5 Å². The van der Waals surface area contributed by atoms with E-state index in [0.29, 0.717) is 0 Å². The van der Waals surface area contributed by atoms with Crippen LogP contribution in [0.15, 0.2) is 0 Å². The summed E-state index contributed by atoms with van der Waals surface area (Å²) in [5.41, 5.74) is 11.3. The Morgan fingerprint density at radius 1 is 0.468 bits per heavy atom. The third kappa shape index (κ3) is 41.8. The van der Waals surface area contributed by atoms with Crippen LogP contribution in [-0.2, 0) is 10.4 Å². The van der Waals surface area contributed by atoms with Gasteiger partial charge in [-0.05, 0) is 52.6 Å². The zero-order valence-electron chi connectivity index (χ0n) is 33.0. The predicted molar refractivity (Wildman–Crippen MR) is 204 cm³/mol. The van der Waals surface area contributed by atoms with Gasteiger partial charge in [0.15, 0.2) is 0 Å². The minimum Gasteiger partial charge on any atom is -0.759 e. The minimum atomic E-state index is -5.17. The molecule has 0 saturated heterocycles. The van der Waals surface area contributed by atoms with E-state index in [9.17, 15) is 0 Å². The lowest BCUT2D eigenvalue weighted by Gasteiger charge is -2.36. The fourth-order valence-corrected chi connectivity index (χ4v) is 5.99. The van der Waals surface area contributed by atoms with Gasteiger partial charge in [-0.25, -0.2) is 0 Å². The third-order valence-electron chi connectivity index (χ3n) is 10.2. The van der Waals surface area contributed by atoms with Gasteiger partial charge in [0.2, 0.25) is 0 Å². The lowest BCUT2D eigenvalue weighted by atomic mass is 10.0. The first-order chi connectivity index (χ1) is 22.1. The number of hydrogen-bond acceptors (Lipinski definition) is 6. The first-order valence-corrected chi connectivity index (χ1v) is 21.1. The standard InChI is InChI=1S/2C19H43N2.H2O4S/c2*1-5-6-7-8-9-10-11-12-13-14-16-19(2)21(3,4)18-15-17-20;1-5(2,3)4/h2*19H,5-18,20H2,1-4H3;(H2,1,2,3,4)/q2*+1;/p-2. The van der Waals surface area contributed by atoms with Gasteiger partial charge < -0.3 is 29.5 Å². The highest BCUT2D eigenvalue weighted by Crippen LogP contribution is 2.18. The van der Waals surface area contributed by atoms with Gasteiger partial charge >= 0.3 is 0 Å². The molecule has 2 atom stereocenters. The van der Waals surface area contributed by atoms with Gasteiger partial charge in [-0.15, -0.1) is 0 Å². The second kappa shape index (κ2) is 34.2. The normalized spacial score (nSPS) is 13.4. The monoisotopic (exact) mass is 695 g/mol. The number of nitrogens with zero attached hydrogens (tertiary/aromatic N) is 2. The van der Waals surface area contributed by atoms with Crippen LogP contribution in [-0.4, -0.2) is 92.9 Å². The smallest absolute Gasteiger partial charge is 0.0857 e.